The van der Waals surface area contributed by atoms with Crippen molar-refractivity contribution in [2.24, 2.45) is 0 Å². The second-order valence-electron chi connectivity index (χ2n) is 9.76. The highest BCUT2D eigenvalue weighted by atomic mass is 19.1. The molecule has 4 heterocycles. The summed E-state index contributed by atoms with van der Waals surface area (Å²) < 4.78 is 36.9. The van der Waals surface area contributed by atoms with Gasteiger partial charge in [0.05, 0.1) is 10.9 Å². The third kappa shape index (κ3) is 3.58. The average Bonchev–Trinajstić information content (AvgIpc) is 3.43. The van der Waals surface area contributed by atoms with Crippen LogP contribution in [0, 0.1) is 11.6 Å². The van der Waals surface area contributed by atoms with Gasteiger partial charge in [0.15, 0.2) is 5.82 Å². The third-order valence-electron chi connectivity index (χ3n) is 7.46. The van der Waals surface area contributed by atoms with Crippen LogP contribution in [0.5, 0.6) is 6.01 Å². The summed E-state index contributed by atoms with van der Waals surface area (Å²) in [6.45, 7) is 2.67. The van der Waals surface area contributed by atoms with Crippen molar-refractivity contribution in [2.45, 2.75) is 31.2 Å². The smallest absolute Gasteiger partial charge is 0.319 e. The van der Waals surface area contributed by atoms with Crippen molar-refractivity contribution in [3.63, 3.8) is 0 Å². The summed E-state index contributed by atoms with van der Waals surface area (Å²) in [5.74, 6) is -0.508. The molecular formula is C27H27F2N5O. The molecule has 2 aliphatic rings. The van der Waals surface area contributed by atoms with E-state index in [-0.39, 0.29) is 22.8 Å². The summed E-state index contributed by atoms with van der Waals surface area (Å²) in [4.78, 5) is 17.8. The molecule has 4 aromatic rings. The molecule has 0 radical (unpaired) electrons. The van der Waals surface area contributed by atoms with Gasteiger partial charge in [0, 0.05) is 31.2 Å². The fourth-order valence-corrected chi connectivity index (χ4v) is 5.77. The van der Waals surface area contributed by atoms with Gasteiger partial charge in [0.25, 0.3) is 0 Å². The van der Waals surface area contributed by atoms with E-state index >= 15 is 4.39 Å². The van der Waals surface area contributed by atoms with E-state index in [4.69, 9.17) is 4.74 Å². The number of nitrogens with zero attached hydrogens (tertiary/aromatic N) is 5. The Morgan fingerprint density at radius 3 is 2.51 bits per heavy atom. The molecule has 0 atom stereocenters. The minimum absolute atomic E-state index is 0.0268. The number of anilines is 1. The second-order valence-corrected chi connectivity index (χ2v) is 9.76. The Morgan fingerprint density at radius 2 is 1.77 bits per heavy atom. The zero-order valence-electron chi connectivity index (χ0n) is 19.9. The van der Waals surface area contributed by atoms with Crippen LogP contribution in [0.1, 0.15) is 25.7 Å². The maximum absolute atomic E-state index is 16.0. The van der Waals surface area contributed by atoms with Crippen molar-refractivity contribution < 1.29 is 13.5 Å². The first-order chi connectivity index (χ1) is 17.0. The number of hydrogen-bond donors (Lipinski definition) is 0. The van der Waals surface area contributed by atoms with E-state index in [1.54, 1.807) is 41.4 Å². The van der Waals surface area contributed by atoms with Crippen LogP contribution >= 0.6 is 0 Å². The minimum atomic E-state index is -0.616. The standard InChI is InChI=1S/C27H27F2N5O/c1-33(2)25-19-15-30-23(18-9-3-7-17-8-4-10-20(28)21(17)18)22(29)24(19)31-26(32-25)35-16-27-11-5-13-34(27)14-6-12-27/h3-4,7-10,15H,5-6,11-14,16H2,1-2H3. The number of fused-ring (bicyclic) bond motifs is 3. The van der Waals surface area contributed by atoms with Crippen LogP contribution in [0.4, 0.5) is 14.6 Å². The molecule has 2 fully saturated rings. The molecule has 35 heavy (non-hydrogen) atoms. The molecule has 2 aliphatic heterocycles. The maximum atomic E-state index is 16.0. The minimum Gasteiger partial charge on any atom is -0.461 e. The van der Waals surface area contributed by atoms with E-state index in [1.807, 2.05) is 14.1 Å². The summed E-state index contributed by atoms with van der Waals surface area (Å²) in [7, 11) is 3.68. The Balaban J connectivity index is 1.46. The predicted molar refractivity (Wildman–Crippen MR) is 133 cm³/mol. The molecule has 0 amide bonds. The molecule has 0 aliphatic carbocycles. The van der Waals surface area contributed by atoms with Crippen molar-refractivity contribution >= 4 is 27.5 Å². The van der Waals surface area contributed by atoms with Crippen LogP contribution in [0.2, 0.25) is 0 Å². The van der Waals surface area contributed by atoms with Crippen molar-refractivity contribution in [3.05, 3.63) is 54.2 Å². The molecule has 2 aromatic carbocycles. The fraction of sp³-hybridized carbons (Fsp3) is 0.370. The summed E-state index contributed by atoms with van der Waals surface area (Å²) in [5, 5.41) is 1.49. The monoisotopic (exact) mass is 475 g/mol. The molecule has 6 nitrogen and oxygen atoms in total. The van der Waals surface area contributed by atoms with Gasteiger partial charge in [-0.25, -0.2) is 8.78 Å². The van der Waals surface area contributed by atoms with Gasteiger partial charge in [-0.1, -0.05) is 30.3 Å². The number of rotatable bonds is 5. The van der Waals surface area contributed by atoms with E-state index in [0.29, 0.717) is 34.1 Å². The van der Waals surface area contributed by atoms with Crippen LogP contribution in [-0.2, 0) is 0 Å². The van der Waals surface area contributed by atoms with Gasteiger partial charge in [-0.15, -0.1) is 0 Å². The normalized spacial score (nSPS) is 17.3. The van der Waals surface area contributed by atoms with Crippen LogP contribution in [0.15, 0.2) is 42.6 Å². The fourth-order valence-electron chi connectivity index (χ4n) is 5.77. The molecule has 0 unspecified atom stereocenters. The zero-order chi connectivity index (χ0) is 24.2. The Hall–Kier alpha value is -3.39. The number of halogens is 2. The number of benzene rings is 2. The SMILES string of the molecule is CN(C)c1nc(OCC23CCCN2CCC3)nc2c(F)c(-c3cccc4cccc(F)c34)ncc12. The van der Waals surface area contributed by atoms with Gasteiger partial charge >= 0.3 is 6.01 Å². The van der Waals surface area contributed by atoms with Gasteiger partial charge in [-0.3, -0.25) is 9.88 Å². The highest BCUT2D eigenvalue weighted by Gasteiger charge is 2.45. The zero-order valence-corrected chi connectivity index (χ0v) is 19.9. The van der Waals surface area contributed by atoms with Gasteiger partial charge in [-0.2, -0.15) is 9.97 Å². The maximum Gasteiger partial charge on any atom is 0.319 e. The average molecular weight is 476 g/mol. The summed E-state index contributed by atoms with van der Waals surface area (Å²) >= 11 is 0. The first kappa shape index (κ1) is 22.1. The second kappa shape index (κ2) is 8.37. The Bertz CT molecular complexity index is 1430. The van der Waals surface area contributed by atoms with Crippen LogP contribution in [-0.4, -0.2) is 59.2 Å². The van der Waals surface area contributed by atoms with Crippen molar-refractivity contribution in [1.29, 1.82) is 0 Å². The highest BCUT2D eigenvalue weighted by molar-refractivity contribution is 5.99. The lowest BCUT2D eigenvalue weighted by Gasteiger charge is -2.31. The van der Waals surface area contributed by atoms with Crippen LogP contribution in [0.25, 0.3) is 32.9 Å². The topological polar surface area (TPSA) is 54.4 Å². The number of ether oxygens (including phenoxy) is 1. The molecular weight excluding hydrogens is 448 g/mol. The third-order valence-corrected chi connectivity index (χ3v) is 7.46. The van der Waals surface area contributed by atoms with Gasteiger partial charge in [-0.05, 0) is 50.2 Å². The molecule has 0 spiro atoms. The molecule has 180 valence electrons. The van der Waals surface area contributed by atoms with Gasteiger partial charge < -0.3 is 9.64 Å². The molecule has 2 aromatic heterocycles. The van der Waals surface area contributed by atoms with E-state index in [2.05, 4.69) is 19.9 Å². The number of pyridine rings is 1. The van der Waals surface area contributed by atoms with Gasteiger partial charge in [0.2, 0.25) is 0 Å². The van der Waals surface area contributed by atoms with E-state index in [1.165, 1.54) is 6.07 Å². The molecule has 6 rings (SSSR count). The summed E-state index contributed by atoms with van der Waals surface area (Å²) in [6, 6.07) is 10.2. The lowest BCUT2D eigenvalue weighted by Crippen LogP contribution is -2.43. The first-order valence-corrected chi connectivity index (χ1v) is 12.1. The number of aromatic nitrogens is 3. The van der Waals surface area contributed by atoms with Gasteiger partial charge in [0.1, 0.15) is 29.5 Å². The summed E-state index contributed by atoms with van der Waals surface area (Å²) in [6.07, 6.45) is 6.07. The van der Waals surface area contributed by atoms with Crippen molar-refractivity contribution in [2.75, 3.05) is 38.7 Å². The molecule has 0 saturated carbocycles. The van der Waals surface area contributed by atoms with E-state index in [9.17, 15) is 4.39 Å². The van der Waals surface area contributed by atoms with Crippen molar-refractivity contribution in [3.8, 4) is 17.3 Å². The van der Waals surface area contributed by atoms with Crippen LogP contribution < -0.4 is 9.64 Å². The molecule has 0 bridgehead atoms. The Morgan fingerprint density at radius 1 is 1.03 bits per heavy atom. The molecule has 2 saturated heterocycles. The molecule has 0 N–H and O–H groups in total. The van der Waals surface area contributed by atoms with E-state index in [0.717, 1.165) is 38.8 Å². The Labute approximate surface area is 202 Å². The van der Waals surface area contributed by atoms with Crippen LogP contribution in [0.3, 0.4) is 0 Å². The lowest BCUT2D eigenvalue weighted by molar-refractivity contribution is 0.108. The van der Waals surface area contributed by atoms with Crippen molar-refractivity contribution in [1.82, 2.24) is 19.9 Å². The quantitative estimate of drug-likeness (QED) is 0.396. The number of hydrogen-bond acceptors (Lipinski definition) is 6. The first-order valence-electron chi connectivity index (χ1n) is 12.1. The largest absolute Gasteiger partial charge is 0.461 e. The Kier molecular flexibility index (Phi) is 5.29. The predicted octanol–water partition coefficient (Wildman–Crippen LogP) is 5.20. The van der Waals surface area contributed by atoms with E-state index < -0.39 is 11.6 Å². The molecule has 8 heteroatoms. The highest BCUT2D eigenvalue weighted by Crippen LogP contribution is 2.40. The lowest BCUT2D eigenvalue weighted by atomic mass is 9.95. The summed E-state index contributed by atoms with van der Waals surface area (Å²) in [5.41, 5.74) is 0.584.